The Balaban J connectivity index is 1.86. The first-order valence-corrected chi connectivity index (χ1v) is 7.05. The molecule has 0 N–H and O–H groups in total. The fraction of sp³-hybridized carbons (Fsp3) is 0.0625. The number of benzene rings is 2. The van der Waals surface area contributed by atoms with Gasteiger partial charge in [0.2, 0.25) is 5.62 Å². The Bertz CT molecular complexity index is 648. The van der Waals surface area contributed by atoms with Crippen LogP contribution in [0.15, 0.2) is 71.9 Å². The van der Waals surface area contributed by atoms with Crippen LogP contribution in [0.5, 0.6) is 0 Å². The van der Waals surface area contributed by atoms with Crippen LogP contribution in [0.25, 0.3) is 0 Å². The zero-order chi connectivity index (χ0) is 13.9. The fourth-order valence-corrected chi connectivity index (χ4v) is 2.45. The molecule has 2 aromatic carbocycles. The van der Waals surface area contributed by atoms with E-state index in [-0.39, 0.29) is 0 Å². The smallest absolute Gasteiger partial charge is 0.202 e. The summed E-state index contributed by atoms with van der Waals surface area (Å²) in [6, 6.07) is 17.5. The zero-order valence-corrected chi connectivity index (χ0v) is 12.1. The van der Waals surface area contributed by atoms with Crippen LogP contribution in [0.4, 0.5) is 5.69 Å². The van der Waals surface area contributed by atoms with Gasteiger partial charge in [-0.15, -0.1) is 0 Å². The van der Waals surface area contributed by atoms with E-state index in [0.29, 0.717) is 5.02 Å². The molecule has 1 atom stereocenters. The Labute approximate surface area is 128 Å². The second-order valence-corrected chi connectivity index (χ2v) is 5.22. The molecule has 0 amide bonds. The van der Waals surface area contributed by atoms with Crippen molar-refractivity contribution in [1.82, 2.24) is 0 Å². The van der Waals surface area contributed by atoms with Gasteiger partial charge in [-0.05, 0) is 35.9 Å². The van der Waals surface area contributed by atoms with E-state index in [1.165, 1.54) is 0 Å². The Kier molecular flexibility index (Phi) is 3.77. The zero-order valence-electron chi connectivity index (χ0n) is 10.6. The third-order valence-electron chi connectivity index (χ3n) is 3.06. The normalized spacial score (nSPS) is 18.0. The number of allylic oxidation sites excluding steroid dienone is 1. The molecule has 2 aromatic rings. The van der Waals surface area contributed by atoms with Crippen molar-refractivity contribution >= 4 is 34.6 Å². The lowest BCUT2D eigenvalue weighted by Gasteiger charge is -2.27. The Morgan fingerprint density at radius 3 is 2.30 bits per heavy atom. The van der Waals surface area contributed by atoms with Gasteiger partial charge >= 0.3 is 0 Å². The van der Waals surface area contributed by atoms with Gasteiger partial charge in [0.25, 0.3) is 0 Å². The van der Waals surface area contributed by atoms with Gasteiger partial charge in [0.15, 0.2) is 0 Å². The van der Waals surface area contributed by atoms with E-state index in [0.717, 1.165) is 17.0 Å². The van der Waals surface area contributed by atoms with Crippen molar-refractivity contribution in [2.75, 3.05) is 4.90 Å². The first-order chi connectivity index (χ1) is 9.74. The van der Waals surface area contributed by atoms with Crippen LogP contribution in [0.1, 0.15) is 5.56 Å². The maximum absolute atomic E-state index is 6.36. The van der Waals surface area contributed by atoms with Crippen molar-refractivity contribution in [2.45, 2.75) is 5.62 Å². The summed E-state index contributed by atoms with van der Waals surface area (Å²) >= 11 is 12.2. The highest BCUT2D eigenvalue weighted by Gasteiger charge is 2.18. The summed E-state index contributed by atoms with van der Waals surface area (Å²) in [6.07, 6.45) is 3.90. The molecule has 1 unspecified atom stereocenters. The molecule has 1 aliphatic rings. The van der Waals surface area contributed by atoms with E-state index >= 15 is 0 Å². The molecular weight excluding hydrogens is 291 g/mol. The summed E-state index contributed by atoms with van der Waals surface area (Å²) in [7, 11) is 0. The van der Waals surface area contributed by atoms with E-state index < -0.39 is 5.62 Å². The number of hydrogen-bond acceptors (Lipinski definition) is 2. The monoisotopic (exact) mass is 302 g/mol. The molecule has 20 heavy (non-hydrogen) atoms. The second-order valence-electron chi connectivity index (χ2n) is 4.39. The minimum Gasteiger partial charge on any atom is -0.313 e. The molecule has 0 bridgehead atoms. The molecule has 0 saturated carbocycles. The number of halogens is 2. The summed E-state index contributed by atoms with van der Waals surface area (Å²) in [5.41, 5.74) is 2.44. The Morgan fingerprint density at radius 1 is 0.950 bits per heavy atom. The first kappa shape index (κ1) is 13.2. The minimum atomic E-state index is -0.462. The van der Waals surface area contributed by atoms with Crippen LogP contribution in [-0.2, 0) is 0 Å². The summed E-state index contributed by atoms with van der Waals surface area (Å²) < 4.78 is 0. The molecule has 2 nitrogen and oxygen atoms in total. The van der Waals surface area contributed by atoms with Gasteiger partial charge in [-0.25, -0.2) is 4.99 Å². The second kappa shape index (κ2) is 5.70. The molecule has 3 rings (SSSR count). The van der Waals surface area contributed by atoms with E-state index in [9.17, 15) is 0 Å². The highest BCUT2D eigenvalue weighted by atomic mass is 35.5. The molecular formula is C16H12Cl2N2. The van der Waals surface area contributed by atoms with E-state index in [1.807, 2.05) is 71.8 Å². The van der Waals surface area contributed by atoms with Crippen LogP contribution in [0.2, 0.25) is 5.02 Å². The highest BCUT2D eigenvalue weighted by molar-refractivity contribution is 6.30. The molecule has 0 fully saturated rings. The van der Waals surface area contributed by atoms with Gasteiger partial charge in [0, 0.05) is 16.9 Å². The lowest BCUT2D eigenvalue weighted by molar-refractivity contribution is 0.888. The van der Waals surface area contributed by atoms with Crippen LogP contribution in [0.3, 0.4) is 0 Å². The third-order valence-corrected chi connectivity index (χ3v) is 3.62. The fourth-order valence-electron chi connectivity index (χ4n) is 2.04. The summed E-state index contributed by atoms with van der Waals surface area (Å²) in [4.78, 5) is 6.41. The number of rotatable bonds is 2. The molecule has 100 valence electrons. The van der Waals surface area contributed by atoms with Crippen molar-refractivity contribution in [3.8, 4) is 0 Å². The summed E-state index contributed by atoms with van der Waals surface area (Å²) in [5.74, 6) is 0. The largest absolute Gasteiger partial charge is 0.313 e. The molecule has 0 aromatic heterocycles. The first-order valence-electron chi connectivity index (χ1n) is 6.23. The molecule has 0 spiro atoms. The average Bonchev–Trinajstić information content (AvgIpc) is 2.49. The van der Waals surface area contributed by atoms with Crippen molar-refractivity contribution < 1.29 is 0 Å². The number of nitrogens with zero attached hydrogens (tertiary/aromatic N) is 2. The highest BCUT2D eigenvalue weighted by Crippen LogP contribution is 2.25. The molecule has 1 aliphatic heterocycles. The van der Waals surface area contributed by atoms with Gasteiger partial charge in [-0.3, -0.25) is 0 Å². The number of aliphatic imine (C=N–C) groups is 1. The maximum Gasteiger partial charge on any atom is 0.202 e. The van der Waals surface area contributed by atoms with E-state index in [2.05, 4.69) is 4.99 Å². The molecule has 0 radical (unpaired) electrons. The third kappa shape index (κ3) is 2.72. The maximum atomic E-state index is 6.36. The number of alkyl halides is 1. The summed E-state index contributed by atoms with van der Waals surface area (Å²) in [6.45, 7) is 0. The standard InChI is InChI=1S/C16H12Cl2N2/c17-13-6-8-14(9-7-13)20-11-10-15(19-16(20)18)12-4-2-1-3-5-12/h1-11,16H. The van der Waals surface area contributed by atoms with Crippen molar-refractivity contribution in [3.63, 3.8) is 0 Å². The predicted molar refractivity (Wildman–Crippen MR) is 85.7 cm³/mol. The average molecular weight is 303 g/mol. The number of hydrogen-bond donors (Lipinski definition) is 0. The predicted octanol–water partition coefficient (Wildman–Crippen LogP) is 4.69. The van der Waals surface area contributed by atoms with Gasteiger partial charge in [0.05, 0.1) is 5.71 Å². The Morgan fingerprint density at radius 2 is 1.65 bits per heavy atom. The lowest BCUT2D eigenvalue weighted by atomic mass is 10.1. The van der Waals surface area contributed by atoms with Crippen LogP contribution >= 0.6 is 23.2 Å². The minimum absolute atomic E-state index is 0.462. The SMILES string of the molecule is Clc1ccc(N2C=CC(c3ccccc3)=NC2Cl)cc1. The summed E-state index contributed by atoms with van der Waals surface area (Å²) in [5, 5.41) is 0.703. The molecule has 4 heteroatoms. The lowest BCUT2D eigenvalue weighted by Crippen LogP contribution is -2.28. The van der Waals surface area contributed by atoms with Gasteiger partial charge in [-0.2, -0.15) is 0 Å². The van der Waals surface area contributed by atoms with Gasteiger partial charge in [-0.1, -0.05) is 53.5 Å². The Hall–Kier alpha value is -1.77. The molecule has 1 heterocycles. The van der Waals surface area contributed by atoms with E-state index in [1.54, 1.807) is 0 Å². The van der Waals surface area contributed by atoms with Crippen molar-refractivity contribution in [1.29, 1.82) is 0 Å². The van der Waals surface area contributed by atoms with Gasteiger partial charge < -0.3 is 4.90 Å². The molecule has 0 saturated heterocycles. The van der Waals surface area contributed by atoms with Crippen LogP contribution in [0, 0.1) is 0 Å². The molecule has 0 aliphatic carbocycles. The van der Waals surface area contributed by atoms with Crippen LogP contribution in [-0.4, -0.2) is 11.3 Å². The van der Waals surface area contributed by atoms with Crippen molar-refractivity contribution in [2.24, 2.45) is 4.99 Å². The van der Waals surface area contributed by atoms with Gasteiger partial charge in [0.1, 0.15) is 0 Å². The topological polar surface area (TPSA) is 15.6 Å². The quantitative estimate of drug-likeness (QED) is 0.580. The van der Waals surface area contributed by atoms with Crippen molar-refractivity contribution in [3.05, 3.63) is 77.5 Å². The number of anilines is 1. The van der Waals surface area contributed by atoms with Crippen LogP contribution < -0.4 is 4.90 Å². The van der Waals surface area contributed by atoms with E-state index in [4.69, 9.17) is 23.2 Å².